The van der Waals surface area contributed by atoms with Crippen molar-refractivity contribution >= 4 is 11.9 Å². The molecule has 0 fully saturated rings. The molecule has 1 N–H and O–H groups in total. The number of hydrogen-bond acceptors (Lipinski definition) is 4. The molecule has 24 heavy (non-hydrogen) atoms. The van der Waals surface area contributed by atoms with Crippen molar-refractivity contribution in [3.05, 3.63) is 35.7 Å². The van der Waals surface area contributed by atoms with E-state index in [9.17, 15) is 9.59 Å². The van der Waals surface area contributed by atoms with Crippen LogP contribution in [-0.4, -0.2) is 61.7 Å². The second-order valence-electron chi connectivity index (χ2n) is 6.03. The van der Waals surface area contributed by atoms with Gasteiger partial charge in [0.25, 0.3) is 5.91 Å². The molecule has 2 aromatic heterocycles. The van der Waals surface area contributed by atoms with Gasteiger partial charge < -0.3 is 19.7 Å². The number of carbonyl (C=O) groups is 2. The van der Waals surface area contributed by atoms with Gasteiger partial charge in [0.1, 0.15) is 5.82 Å². The normalized spacial score (nSPS) is 13.5. The molecule has 0 radical (unpaired) electrons. The fraction of sp³-hybridized carbons (Fsp3) is 0.467. The molecule has 1 aliphatic heterocycles. The summed E-state index contributed by atoms with van der Waals surface area (Å²) in [7, 11) is 5.24. The summed E-state index contributed by atoms with van der Waals surface area (Å²) in [6, 6.07) is -0.0179. The van der Waals surface area contributed by atoms with Gasteiger partial charge in [-0.1, -0.05) is 0 Å². The minimum Gasteiger partial charge on any atom is -0.346 e. The Balaban J connectivity index is 1.61. The van der Waals surface area contributed by atoms with Crippen LogP contribution in [0.15, 0.2) is 18.6 Å². The topological polar surface area (TPSA) is 88.3 Å². The number of aromatic nitrogens is 4. The van der Waals surface area contributed by atoms with Crippen molar-refractivity contribution in [2.45, 2.75) is 19.6 Å². The Hall–Kier alpha value is -2.84. The fourth-order valence-corrected chi connectivity index (χ4v) is 2.65. The monoisotopic (exact) mass is 331 g/mol. The number of amides is 3. The standard InChI is InChI=1S/C15H21N7O2/c1-19(2)15(24)22-5-4-21-9-12(18-13(21)10-22)7-16-14(23)11-6-17-20(3)8-11/h6,8-9H,4-5,7,10H2,1-3H3,(H,16,23). The Morgan fingerprint density at radius 3 is 2.75 bits per heavy atom. The van der Waals surface area contributed by atoms with Crippen LogP contribution in [0.2, 0.25) is 0 Å². The quantitative estimate of drug-likeness (QED) is 0.860. The van der Waals surface area contributed by atoms with Crippen LogP contribution in [0.3, 0.4) is 0 Å². The number of imidazole rings is 1. The maximum Gasteiger partial charge on any atom is 0.319 e. The molecular weight excluding hydrogens is 310 g/mol. The van der Waals surface area contributed by atoms with Crippen LogP contribution in [0.5, 0.6) is 0 Å². The first-order valence-corrected chi connectivity index (χ1v) is 7.72. The van der Waals surface area contributed by atoms with E-state index in [4.69, 9.17) is 0 Å². The number of nitrogens with zero attached hydrogens (tertiary/aromatic N) is 6. The summed E-state index contributed by atoms with van der Waals surface area (Å²) in [4.78, 5) is 31.9. The van der Waals surface area contributed by atoms with Crippen LogP contribution in [0.4, 0.5) is 4.79 Å². The van der Waals surface area contributed by atoms with Crippen molar-refractivity contribution in [2.24, 2.45) is 7.05 Å². The molecule has 9 nitrogen and oxygen atoms in total. The van der Waals surface area contributed by atoms with Crippen molar-refractivity contribution in [3.63, 3.8) is 0 Å². The van der Waals surface area contributed by atoms with Gasteiger partial charge in [0, 0.05) is 46.6 Å². The number of nitrogens with one attached hydrogen (secondary N) is 1. The molecule has 0 atom stereocenters. The maximum atomic E-state index is 12.0. The van der Waals surface area contributed by atoms with Gasteiger partial charge in [-0.05, 0) is 0 Å². The first-order chi connectivity index (χ1) is 11.4. The van der Waals surface area contributed by atoms with E-state index in [2.05, 4.69) is 15.4 Å². The summed E-state index contributed by atoms with van der Waals surface area (Å²) in [5.74, 6) is 0.653. The van der Waals surface area contributed by atoms with Crippen LogP contribution >= 0.6 is 0 Å². The number of fused-ring (bicyclic) bond motifs is 1. The van der Waals surface area contributed by atoms with Crippen LogP contribution in [0.1, 0.15) is 21.9 Å². The predicted octanol–water partition coefficient (Wildman–Crippen LogP) is 0.0438. The molecule has 2 aromatic rings. The van der Waals surface area contributed by atoms with Crippen LogP contribution in [-0.2, 0) is 26.7 Å². The number of aryl methyl sites for hydroxylation is 1. The molecule has 3 heterocycles. The molecule has 0 spiro atoms. The molecule has 128 valence electrons. The molecule has 0 aliphatic carbocycles. The van der Waals surface area contributed by atoms with Crippen LogP contribution in [0, 0.1) is 0 Å². The lowest BCUT2D eigenvalue weighted by molar-refractivity contribution is 0.0950. The molecule has 1 aliphatic rings. The van der Waals surface area contributed by atoms with Gasteiger partial charge in [0.05, 0.1) is 30.5 Å². The first-order valence-electron chi connectivity index (χ1n) is 7.72. The lowest BCUT2D eigenvalue weighted by atomic mass is 10.3. The second kappa shape index (κ2) is 6.34. The van der Waals surface area contributed by atoms with Crippen molar-refractivity contribution < 1.29 is 9.59 Å². The summed E-state index contributed by atoms with van der Waals surface area (Å²) in [6.45, 7) is 2.18. The Kier molecular flexibility index (Phi) is 4.24. The van der Waals surface area contributed by atoms with Gasteiger partial charge in [-0.15, -0.1) is 0 Å². The summed E-state index contributed by atoms with van der Waals surface area (Å²) in [5, 5.41) is 6.81. The number of carbonyl (C=O) groups excluding carboxylic acids is 2. The molecule has 0 saturated heterocycles. The van der Waals surface area contributed by atoms with Crippen molar-refractivity contribution in [1.29, 1.82) is 0 Å². The second-order valence-corrected chi connectivity index (χ2v) is 6.03. The van der Waals surface area contributed by atoms with Gasteiger partial charge in [-0.25, -0.2) is 9.78 Å². The van der Waals surface area contributed by atoms with E-state index in [0.717, 1.165) is 11.5 Å². The Morgan fingerprint density at radius 2 is 2.08 bits per heavy atom. The van der Waals surface area contributed by atoms with E-state index in [1.807, 2.05) is 10.8 Å². The largest absolute Gasteiger partial charge is 0.346 e. The third kappa shape index (κ3) is 3.24. The fourth-order valence-electron chi connectivity index (χ4n) is 2.65. The zero-order chi connectivity index (χ0) is 17.3. The van der Waals surface area contributed by atoms with Crippen LogP contribution in [0.25, 0.3) is 0 Å². The molecule has 3 amide bonds. The van der Waals surface area contributed by atoms with Gasteiger partial charge >= 0.3 is 6.03 Å². The first kappa shape index (κ1) is 16.0. The van der Waals surface area contributed by atoms with Gasteiger partial charge in [0.2, 0.25) is 0 Å². The van der Waals surface area contributed by atoms with E-state index in [1.54, 1.807) is 41.8 Å². The smallest absolute Gasteiger partial charge is 0.319 e. The van der Waals surface area contributed by atoms with Crippen LogP contribution < -0.4 is 5.32 Å². The minimum absolute atomic E-state index is 0.0179. The molecular formula is C15H21N7O2. The highest BCUT2D eigenvalue weighted by atomic mass is 16.2. The van der Waals surface area contributed by atoms with E-state index >= 15 is 0 Å². The maximum absolute atomic E-state index is 12.0. The molecule has 0 bridgehead atoms. The molecule has 0 saturated carbocycles. The third-order valence-electron chi connectivity index (χ3n) is 3.90. The van der Waals surface area contributed by atoms with Gasteiger partial charge in [-0.3, -0.25) is 9.48 Å². The SMILES string of the molecule is CN(C)C(=O)N1CCn2cc(CNC(=O)c3cnn(C)c3)nc2C1. The highest BCUT2D eigenvalue weighted by molar-refractivity contribution is 5.93. The van der Waals surface area contributed by atoms with Crippen molar-refractivity contribution in [3.8, 4) is 0 Å². The van der Waals surface area contributed by atoms with Gasteiger partial charge in [-0.2, -0.15) is 5.10 Å². The highest BCUT2D eigenvalue weighted by Gasteiger charge is 2.23. The predicted molar refractivity (Wildman–Crippen MR) is 86.1 cm³/mol. The average molecular weight is 331 g/mol. The molecule has 9 heteroatoms. The number of rotatable bonds is 3. The summed E-state index contributed by atoms with van der Waals surface area (Å²) >= 11 is 0. The summed E-state index contributed by atoms with van der Waals surface area (Å²) in [5.41, 5.74) is 1.30. The lowest BCUT2D eigenvalue weighted by Gasteiger charge is -2.29. The highest BCUT2D eigenvalue weighted by Crippen LogP contribution is 2.14. The van der Waals surface area contributed by atoms with Gasteiger partial charge in [0.15, 0.2) is 0 Å². The number of urea groups is 1. The lowest BCUT2D eigenvalue weighted by Crippen LogP contribution is -2.43. The third-order valence-corrected chi connectivity index (χ3v) is 3.90. The minimum atomic E-state index is -0.182. The van der Waals surface area contributed by atoms with E-state index in [-0.39, 0.29) is 11.9 Å². The summed E-state index contributed by atoms with van der Waals surface area (Å²) in [6.07, 6.45) is 5.12. The molecule has 3 rings (SSSR count). The zero-order valence-electron chi connectivity index (χ0n) is 14.1. The van der Waals surface area contributed by atoms with E-state index < -0.39 is 0 Å². The molecule has 0 unspecified atom stereocenters. The van der Waals surface area contributed by atoms with E-state index in [0.29, 0.717) is 31.7 Å². The zero-order valence-corrected chi connectivity index (χ0v) is 14.1. The Bertz CT molecular complexity index is 762. The number of hydrogen-bond donors (Lipinski definition) is 1. The average Bonchev–Trinajstić information content (AvgIpc) is 3.16. The van der Waals surface area contributed by atoms with Crippen molar-refractivity contribution in [2.75, 3.05) is 20.6 Å². The Morgan fingerprint density at radius 1 is 1.29 bits per heavy atom. The van der Waals surface area contributed by atoms with Crippen molar-refractivity contribution in [1.82, 2.24) is 34.4 Å². The Labute approximate surface area is 139 Å². The molecule has 0 aromatic carbocycles. The van der Waals surface area contributed by atoms with E-state index in [1.165, 1.54) is 6.20 Å². The summed E-state index contributed by atoms with van der Waals surface area (Å²) < 4.78 is 3.62.